The first kappa shape index (κ1) is 24.2. The monoisotopic (exact) mass is 473 g/mol. The maximum atomic E-state index is 13.4. The van der Waals surface area contributed by atoms with Crippen LogP contribution in [0.1, 0.15) is 60.9 Å². The van der Waals surface area contributed by atoms with Crippen LogP contribution in [-0.4, -0.2) is 34.4 Å². The number of hydrogen-bond acceptors (Lipinski definition) is 7. The van der Waals surface area contributed by atoms with Gasteiger partial charge in [0.25, 0.3) is 5.91 Å². The van der Waals surface area contributed by atoms with Gasteiger partial charge in [0.15, 0.2) is 11.7 Å². The molecule has 182 valence electrons. The lowest BCUT2D eigenvalue weighted by atomic mass is 10.0. The SMILES string of the molecule is CC(=O)c1cccc(-c2cc(C(=O)NCC3=C(C)C=C(C)NC(O)=C3)c3c(n2)N(C(C)C)NC3)c1. The number of amides is 1. The maximum Gasteiger partial charge on any atom is 0.252 e. The van der Waals surface area contributed by atoms with Crippen molar-refractivity contribution >= 4 is 17.5 Å². The standard InChI is InChI=1S/C27H31N5O3/c1-15(2)32-26-23(14-29-32)22(12-24(31-26)20-8-6-7-19(10-20)18(5)33)27(35)28-13-21-11-25(34)30-17(4)9-16(21)3/h6-12,15,29-30,34H,13-14H2,1-5H3,(H,28,35). The Morgan fingerprint density at radius 2 is 1.97 bits per heavy atom. The van der Waals surface area contributed by atoms with Crippen LogP contribution in [0.4, 0.5) is 5.82 Å². The molecule has 0 saturated heterocycles. The smallest absolute Gasteiger partial charge is 0.252 e. The summed E-state index contributed by atoms with van der Waals surface area (Å²) in [6.45, 7) is 10.2. The Hall–Kier alpha value is -3.91. The van der Waals surface area contributed by atoms with Crippen LogP contribution in [0.25, 0.3) is 11.3 Å². The molecule has 8 heteroatoms. The Morgan fingerprint density at radius 1 is 1.20 bits per heavy atom. The van der Waals surface area contributed by atoms with Crippen LogP contribution in [0.3, 0.4) is 0 Å². The molecule has 8 nitrogen and oxygen atoms in total. The first-order valence-electron chi connectivity index (χ1n) is 11.7. The predicted molar refractivity (Wildman–Crippen MR) is 137 cm³/mol. The van der Waals surface area contributed by atoms with Crippen molar-refractivity contribution in [2.24, 2.45) is 0 Å². The summed E-state index contributed by atoms with van der Waals surface area (Å²) < 4.78 is 0. The van der Waals surface area contributed by atoms with E-state index in [1.54, 1.807) is 24.3 Å². The second-order valence-electron chi connectivity index (χ2n) is 9.17. The van der Waals surface area contributed by atoms with E-state index < -0.39 is 0 Å². The fraction of sp³-hybridized carbons (Fsp3) is 0.296. The van der Waals surface area contributed by atoms with Crippen molar-refractivity contribution in [3.63, 3.8) is 0 Å². The van der Waals surface area contributed by atoms with E-state index in [1.165, 1.54) is 6.92 Å². The molecule has 1 amide bonds. The van der Waals surface area contributed by atoms with Gasteiger partial charge in [0.05, 0.1) is 5.69 Å². The number of aliphatic hydroxyl groups excluding tert-OH is 1. The second kappa shape index (κ2) is 9.76. The number of aliphatic hydroxyl groups is 1. The summed E-state index contributed by atoms with van der Waals surface area (Å²) in [5.74, 6) is 0.486. The number of hydrazine groups is 1. The molecule has 2 aliphatic heterocycles. The van der Waals surface area contributed by atoms with Gasteiger partial charge in [0.2, 0.25) is 0 Å². The molecule has 0 fully saturated rings. The van der Waals surface area contributed by atoms with Crippen LogP contribution in [0.5, 0.6) is 0 Å². The van der Waals surface area contributed by atoms with Gasteiger partial charge in [0.1, 0.15) is 5.82 Å². The molecular weight excluding hydrogens is 442 g/mol. The summed E-state index contributed by atoms with van der Waals surface area (Å²) in [5, 5.41) is 17.9. The lowest BCUT2D eigenvalue weighted by molar-refractivity contribution is 0.0955. The summed E-state index contributed by atoms with van der Waals surface area (Å²) in [7, 11) is 0. The van der Waals surface area contributed by atoms with E-state index in [9.17, 15) is 14.7 Å². The van der Waals surface area contributed by atoms with Gasteiger partial charge in [-0.1, -0.05) is 18.2 Å². The van der Waals surface area contributed by atoms with Crippen molar-refractivity contribution < 1.29 is 14.7 Å². The molecule has 1 aromatic heterocycles. The lowest BCUT2D eigenvalue weighted by Crippen LogP contribution is -2.38. The molecule has 0 radical (unpaired) electrons. The molecule has 2 aliphatic rings. The number of carbonyl (C=O) groups excluding carboxylic acids is 2. The summed E-state index contributed by atoms with van der Waals surface area (Å²) in [4.78, 5) is 30.2. The van der Waals surface area contributed by atoms with Crippen LogP contribution in [0, 0.1) is 0 Å². The Bertz CT molecular complexity index is 1290. The van der Waals surface area contributed by atoms with E-state index in [0.29, 0.717) is 29.2 Å². The van der Waals surface area contributed by atoms with E-state index in [4.69, 9.17) is 4.98 Å². The number of nitrogens with zero attached hydrogens (tertiary/aromatic N) is 2. The number of nitrogens with one attached hydrogen (secondary N) is 3. The van der Waals surface area contributed by atoms with E-state index in [1.807, 2.05) is 37.1 Å². The zero-order chi connectivity index (χ0) is 25.3. The average Bonchev–Trinajstić information content (AvgIpc) is 3.19. The normalized spacial score (nSPS) is 15.3. The summed E-state index contributed by atoms with van der Waals surface area (Å²) in [6.07, 6.45) is 3.55. The van der Waals surface area contributed by atoms with Crippen LogP contribution >= 0.6 is 0 Å². The second-order valence-corrected chi connectivity index (χ2v) is 9.17. The highest BCUT2D eigenvalue weighted by Gasteiger charge is 2.29. The number of carbonyl (C=O) groups is 2. The van der Waals surface area contributed by atoms with Gasteiger partial charge in [-0.15, -0.1) is 0 Å². The number of benzene rings is 1. The highest BCUT2D eigenvalue weighted by atomic mass is 16.3. The van der Waals surface area contributed by atoms with Crippen LogP contribution in [-0.2, 0) is 6.54 Å². The maximum absolute atomic E-state index is 13.4. The lowest BCUT2D eigenvalue weighted by Gasteiger charge is -2.23. The van der Waals surface area contributed by atoms with Gasteiger partial charge in [-0.25, -0.2) is 10.4 Å². The number of Topliss-reactive ketones (excluding diaryl/α,β-unsaturated/α-hetero) is 1. The van der Waals surface area contributed by atoms with Crippen LogP contribution in [0.15, 0.2) is 65.2 Å². The molecular formula is C27H31N5O3. The fourth-order valence-corrected chi connectivity index (χ4v) is 4.28. The third-order valence-electron chi connectivity index (χ3n) is 6.10. The zero-order valence-electron chi connectivity index (χ0n) is 20.7. The molecule has 0 atom stereocenters. The van der Waals surface area contributed by atoms with Crippen molar-refractivity contribution in [3.8, 4) is 11.3 Å². The molecule has 0 spiro atoms. The van der Waals surface area contributed by atoms with Gasteiger partial charge >= 0.3 is 0 Å². The van der Waals surface area contributed by atoms with Gasteiger partial charge in [-0.3, -0.25) is 14.6 Å². The average molecular weight is 474 g/mol. The number of allylic oxidation sites excluding steroid dienone is 3. The van der Waals surface area contributed by atoms with Gasteiger partial charge in [0, 0.05) is 53.2 Å². The minimum atomic E-state index is -0.230. The van der Waals surface area contributed by atoms with E-state index in [0.717, 1.165) is 28.0 Å². The highest BCUT2D eigenvalue weighted by molar-refractivity contribution is 5.99. The number of aromatic nitrogens is 1. The van der Waals surface area contributed by atoms with Crippen LogP contribution < -0.4 is 21.1 Å². The quantitative estimate of drug-likeness (QED) is 0.467. The molecule has 0 aliphatic carbocycles. The molecule has 0 bridgehead atoms. The van der Waals surface area contributed by atoms with Crippen molar-refractivity contribution in [1.82, 2.24) is 21.0 Å². The number of pyridine rings is 1. The minimum absolute atomic E-state index is 0.0291. The number of rotatable bonds is 6. The highest BCUT2D eigenvalue weighted by Crippen LogP contribution is 2.32. The van der Waals surface area contributed by atoms with Crippen molar-refractivity contribution in [1.29, 1.82) is 0 Å². The molecule has 1 aromatic carbocycles. The Kier molecular flexibility index (Phi) is 6.75. The third-order valence-corrected chi connectivity index (χ3v) is 6.10. The topological polar surface area (TPSA) is 107 Å². The van der Waals surface area contributed by atoms with Gasteiger partial charge < -0.3 is 15.7 Å². The molecule has 4 rings (SSSR count). The summed E-state index contributed by atoms with van der Waals surface area (Å²) >= 11 is 0. The third kappa shape index (κ3) is 5.12. The largest absolute Gasteiger partial charge is 0.495 e. The molecule has 35 heavy (non-hydrogen) atoms. The Labute approximate surface area is 205 Å². The fourth-order valence-electron chi connectivity index (χ4n) is 4.28. The molecule has 0 saturated carbocycles. The molecule has 2 aromatic rings. The Balaban J connectivity index is 1.72. The minimum Gasteiger partial charge on any atom is -0.495 e. The first-order chi connectivity index (χ1) is 16.6. The van der Waals surface area contributed by atoms with Crippen molar-refractivity contribution in [2.75, 3.05) is 11.6 Å². The Morgan fingerprint density at radius 3 is 2.69 bits per heavy atom. The molecule has 4 N–H and O–H groups in total. The van der Waals surface area contributed by atoms with E-state index in [-0.39, 0.29) is 30.2 Å². The first-order valence-corrected chi connectivity index (χ1v) is 11.7. The van der Waals surface area contributed by atoms with Crippen molar-refractivity contribution in [3.05, 3.63) is 81.9 Å². The van der Waals surface area contributed by atoms with Crippen LogP contribution in [0.2, 0.25) is 0 Å². The number of hydrogen-bond donors (Lipinski definition) is 4. The van der Waals surface area contributed by atoms with E-state index >= 15 is 0 Å². The molecule has 0 unspecified atom stereocenters. The van der Waals surface area contributed by atoms with Gasteiger partial charge in [-0.05, 0) is 64.0 Å². The number of anilines is 1. The summed E-state index contributed by atoms with van der Waals surface area (Å²) in [5.41, 5.74) is 9.24. The van der Waals surface area contributed by atoms with E-state index in [2.05, 4.69) is 29.9 Å². The van der Waals surface area contributed by atoms with Crippen molar-refractivity contribution in [2.45, 2.75) is 47.2 Å². The zero-order valence-corrected chi connectivity index (χ0v) is 20.7. The predicted octanol–water partition coefficient (Wildman–Crippen LogP) is 4.14. The molecule has 3 heterocycles. The number of ketones is 1. The van der Waals surface area contributed by atoms with Gasteiger partial charge in [-0.2, -0.15) is 0 Å². The number of fused-ring (bicyclic) bond motifs is 1. The summed E-state index contributed by atoms with van der Waals surface area (Å²) in [6, 6.07) is 9.20.